The van der Waals surface area contributed by atoms with E-state index in [1.807, 2.05) is 0 Å². The van der Waals surface area contributed by atoms with Gasteiger partial charge in [0.2, 0.25) is 5.95 Å². The number of nitrogens with one attached hydrogen (secondary N) is 1. The molecule has 5 heteroatoms. The molecule has 0 spiro atoms. The van der Waals surface area contributed by atoms with Crippen LogP contribution in [0.1, 0.15) is 39.5 Å². The summed E-state index contributed by atoms with van der Waals surface area (Å²) in [4.78, 5) is 11.0. The third kappa shape index (κ3) is 3.64. The summed E-state index contributed by atoms with van der Waals surface area (Å²) in [5, 5.41) is 4.60. The number of thiophene rings is 1. The van der Waals surface area contributed by atoms with Gasteiger partial charge in [-0.15, -0.1) is 11.3 Å². The molecule has 0 bridgehead atoms. The van der Waals surface area contributed by atoms with Crippen LogP contribution in [0.3, 0.4) is 0 Å². The normalized spacial score (nSPS) is 12.0. The first-order valence-corrected chi connectivity index (χ1v) is 8.53. The molecule has 3 N–H and O–H groups in total. The van der Waals surface area contributed by atoms with Crippen LogP contribution in [-0.2, 0) is 6.42 Å². The Kier molecular flexibility index (Phi) is 5.04. The lowest BCUT2D eigenvalue weighted by Gasteiger charge is -2.25. The number of rotatable bonds is 6. The standard InChI is InChI=1S/C16H26N4S/c1-6-11-7-12-14(19-16(17)20-15(12)21-11)18-8-13(9(2)3)10(4)5/h7,9-10,13H,6,8H2,1-5H3,(H3,17,18,19,20). The molecule has 0 aromatic carbocycles. The fourth-order valence-corrected chi connectivity index (χ4v) is 3.73. The van der Waals surface area contributed by atoms with Gasteiger partial charge in [-0.2, -0.15) is 4.98 Å². The van der Waals surface area contributed by atoms with E-state index in [2.05, 4.69) is 56.0 Å². The molecule has 0 unspecified atom stereocenters. The molecule has 21 heavy (non-hydrogen) atoms. The molecule has 0 aliphatic carbocycles. The molecule has 0 saturated heterocycles. The van der Waals surface area contributed by atoms with E-state index in [9.17, 15) is 0 Å². The van der Waals surface area contributed by atoms with Gasteiger partial charge in [-0.25, -0.2) is 4.98 Å². The predicted molar refractivity (Wildman–Crippen MR) is 92.9 cm³/mol. The van der Waals surface area contributed by atoms with Crippen LogP contribution in [0, 0.1) is 17.8 Å². The van der Waals surface area contributed by atoms with Gasteiger partial charge in [0.15, 0.2) is 0 Å². The summed E-state index contributed by atoms with van der Waals surface area (Å²) in [7, 11) is 0. The zero-order valence-electron chi connectivity index (χ0n) is 13.6. The summed E-state index contributed by atoms with van der Waals surface area (Å²) < 4.78 is 0. The Morgan fingerprint density at radius 2 is 1.86 bits per heavy atom. The molecule has 2 aromatic heterocycles. The van der Waals surface area contributed by atoms with Crippen molar-refractivity contribution in [2.75, 3.05) is 17.6 Å². The van der Waals surface area contributed by atoms with E-state index in [-0.39, 0.29) is 0 Å². The molecular weight excluding hydrogens is 280 g/mol. The number of aromatic nitrogens is 2. The van der Waals surface area contributed by atoms with Crippen LogP contribution in [0.5, 0.6) is 0 Å². The minimum atomic E-state index is 0.347. The molecule has 0 amide bonds. The lowest BCUT2D eigenvalue weighted by molar-refractivity contribution is 0.304. The molecule has 2 rings (SSSR count). The van der Waals surface area contributed by atoms with E-state index in [0.29, 0.717) is 23.7 Å². The maximum Gasteiger partial charge on any atom is 0.223 e. The molecular formula is C16H26N4S. The second-order valence-corrected chi connectivity index (χ2v) is 7.36. The van der Waals surface area contributed by atoms with Gasteiger partial charge in [0, 0.05) is 11.4 Å². The van der Waals surface area contributed by atoms with Crippen molar-refractivity contribution in [1.82, 2.24) is 9.97 Å². The second kappa shape index (κ2) is 6.60. The highest BCUT2D eigenvalue weighted by Crippen LogP contribution is 2.30. The van der Waals surface area contributed by atoms with Crippen LogP contribution < -0.4 is 11.1 Å². The Hall–Kier alpha value is -1.36. The Morgan fingerprint density at radius 1 is 1.19 bits per heavy atom. The van der Waals surface area contributed by atoms with Gasteiger partial charge in [-0.1, -0.05) is 34.6 Å². The number of nitrogens with two attached hydrogens (primary N) is 1. The molecule has 0 atom stereocenters. The molecule has 116 valence electrons. The van der Waals surface area contributed by atoms with E-state index in [1.165, 1.54) is 4.88 Å². The largest absolute Gasteiger partial charge is 0.369 e. The quantitative estimate of drug-likeness (QED) is 0.840. The first-order valence-electron chi connectivity index (χ1n) is 7.72. The highest BCUT2D eigenvalue weighted by atomic mass is 32.1. The van der Waals surface area contributed by atoms with Crippen LogP contribution >= 0.6 is 11.3 Å². The van der Waals surface area contributed by atoms with Gasteiger partial charge >= 0.3 is 0 Å². The van der Waals surface area contributed by atoms with Crippen LogP contribution in [0.2, 0.25) is 0 Å². The number of anilines is 2. The van der Waals surface area contributed by atoms with Crippen LogP contribution in [-0.4, -0.2) is 16.5 Å². The van der Waals surface area contributed by atoms with Crippen molar-refractivity contribution in [3.63, 3.8) is 0 Å². The predicted octanol–water partition coefficient (Wildman–Crippen LogP) is 4.18. The van der Waals surface area contributed by atoms with Crippen LogP contribution in [0.4, 0.5) is 11.8 Å². The Balaban J connectivity index is 2.26. The van der Waals surface area contributed by atoms with Crippen molar-refractivity contribution < 1.29 is 0 Å². The van der Waals surface area contributed by atoms with Crippen LogP contribution in [0.25, 0.3) is 10.2 Å². The topological polar surface area (TPSA) is 63.8 Å². The van der Waals surface area contributed by atoms with Crippen molar-refractivity contribution in [2.24, 2.45) is 17.8 Å². The number of fused-ring (bicyclic) bond motifs is 1. The van der Waals surface area contributed by atoms with Gasteiger partial charge in [-0.3, -0.25) is 0 Å². The number of nitrogens with zero attached hydrogens (tertiary/aromatic N) is 2. The van der Waals surface area contributed by atoms with Gasteiger partial charge in [0.1, 0.15) is 10.6 Å². The number of hydrogen-bond donors (Lipinski definition) is 2. The monoisotopic (exact) mass is 306 g/mol. The third-order valence-corrected chi connectivity index (χ3v) is 5.20. The lowest BCUT2D eigenvalue weighted by Crippen LogP contribution is -2.25. The summed E-state index contributed by atoms with van der Waals surface area (Å²) in [5.74, 6) is 3.11. The summed E-state index contributed by atoms with van der Waals surface area (Å²) in [5.41, 5.74) is 5.85. The highest BCUT2D eigenvalue weighted by Gasteiger charge is 2.18. The smallest absolute Gasteiger partial charge is 0.223 e. The van der Waals surface area contributed by atoms with E-state index >= 15 is 0 Å². The van der Waals surface area contributed by atoms with E-state index in [4.69, 9.17) is 5.73 Å². The van der Waals surface area contributed by atoms with Crippen molar-refractivity contribution in [1.29, 1.82) is 0 Å². The van der Waals surface area contributed by atoms with Gasteiger partial charge in [0.05, 0.1) is 5.39 Å². The second-order valence-electron chi connectivity index (χ2n) is 6.25. The molecule has 0 fully saturated rings. The Labute approximate surface area is 131 Å². The Morgan fingerprint density at radius 3 is 2.43 bits per heavy atom. The minimum absolute atomic E-state index is 0.347. The van der Waals surface area contributed by atoms with Gasteiger partial charge in [-0.05, 0) is 30.2 Å². The average molecular weight is 306 g/mol. The fourth-order valence-electron chi connectivity index (χ4n) is 2.75. The van der Waals surface area contributed by atoms with Gasteiger partial charge < -0.3 is 11.1 Å². The highest BCUT2D eigenvalue weighted by molar-refractivity contribution is 7.18. The summed E-state index contributed by atoms with van der Waals surface area (Å²) in [6.07, 6.45) is 1.01. The minimum Gasteiger partial charge on any atom is -0.369 e. The summed E-state index contributed by atoms with van der Waals surface area (Å²) >= 11 is 1.70. The molecule has 2 heterocycles. The van der Waals surface area contributed by atoms with Gasteiger partial charge in [0.25, 0.3) is 0 Å². The number of hydrogen-bond acceptors (Lipinski definition) is 5. The first-order chi connectivity index (χ1) is 9.92. The number of nitrogen functional groups attached to an aromatic ring is 1. The maximum atomic E-state index is 5.85. The Bertz CT molecular complexity index is 596. The molecule has 0 aliphatic heterocycles. The average Bonchev–Trinajstić information content (AvgIpc) is 2.80. The molecule has 0 aliphatic rings. The molecule has 4 nitrogen and oxygen atoms in total. The third-order valence-electron chi connectivity index (χ3n) is 4.03. The lowest BCUT2D eigenvalue weighted by atomic mass is 9.85. The zero-order valence-corrected chi connectivity index (χ0v) is 14.4. The molecule has 0 radical (unpaired) electrons. The first kappa shape index (κ1) is 16.0. The zero-order chi connectivity index (χ0) is 15.6. The fraction of sp³-hybridized carbons (Fsp3) is 0.625. The summed E-state index contributed by atoms with van der Waals surface area (Å²) in [6, 6.07) is 2.18. The van der Waals surface area contributed by atoms with Crippen molar-refractivity contribution in [3.8, 4) is 0 Å². The van der Waals surface area contributed by atoms with Crippen molar-refractivity contribution in [3.05, 3.63) is 10.9 Å². The van der Waals surface area contributed by atoms with E-state index in [1.54, 1.807) is 11.3 Å². The number of aryl methyl sites for hydroxylation is 1. The van der Waals surface area contributed by atoms with Crippen molar-refractivity contribution >= 4 is 33.3 Å². The van der Waals surface area contributed by atoms with Crippen molar-refractivity contribution in [2.45, 2.75) is 41.0 Å². The molecule has 0 saturated carbocycles. The van der Waals surface area contributed by atoms with E-state index in [0.717, 1.165) is 29.0 Å². The summed E-state index contributed by atoms with van der Waals surface area (Å²) in [6.45, 7) is 12.2. The van der Waals surface area contributed by atoms with Crippen LogP contribution in [0.15, 0.2) is 6.07 Å². The maximum absolute atomic E-state index is 5.85. The van der Waals surface area contributed by atoms with E-state index < -0.39 is 0 Å². The molecule has 2 aromatic rings. The SMILES string of the molecule is CCc1cc2c(NCC(C(C)C)C(C)C)nc(N)nc2s1.